The van der Waals surface area contributed by atoms with Gasteiger partial charge in [-0.3, -0.25) is 0 Å². The van der Waals surface area contributed by atoms with Crippen LogP contribution in [0.2, 0.25) is 10.0 Å². The first kappa shape index (κ1) is 15.8. The molecular formula is C18H12Cl2S2. The third-order valence-electron chi connectivity index (χ3n) is 2.92. The van der Waals surface area contributed by atoms with E-state index in [0.717, 1.165) is 14.8 Å². The molecule has 0 aromatic heterocycles. The maximum atomic E-state index is 6.20. The number of benzene rings is 3. The normalized spacial score (nSPS) is 10.6. The van der Waals surface area contributed by atoms with E-state index in [9.17, 15) is 0 Å². The molecule has 4 heteroatoms. The van der Waals surface area contributed by atoms with E-state index in [-0.39, 0.29) is 0 Å². The zero-order chi connectivity index (χ0) is 15.4. The molecule has 0 aliphatic heterocycles. The van der Waals surface area contributed by atoms with Crippen molar-refractivity contribution in [1.82, 2.24) is 0 Å². The molecule has 0 saturated heterocycles. The second kappa shape index (κ2) is 7.47. The summed E-state index contributed by atoms with van der Waals surface area (Å²) in [5.74, 6) is 0. The molecule has 0 radical (unpaired) electrons. The molecule has 3 aromatic rings. The Labute approximate surface area is 148 Å². The van der Waals surface area contributed by atoms with Gasteiger partial charge in [0.2, 0.25) is 0 Å². The van der Waals surface area contributed by atoms with Crippen molar-refractivity contribution < 1.29 is 0 Å². The minimum Gasteiger partial charge on any atom is -0.0901 e. The van der Waals surface area contributed by atoms with Crippen LogP contribution in [-0.2, 0) is 0 Å². The van der Waals surface area contributed by atoms with Crippen molar-refractivity contribution in [3.63, 3.8) is 0 Å². The van der Waals surface area contributed by atoms with Gasteiger partial charge in [0.1, 0.15) is 0 Å². The van der Waals surface area contributed by atoms with E-state index in [2.05, 4.69) is 36.4 Å². The van der Waals surface area contributed by atoms with Crippen LogP contribution in [0.5, 0.6) is 0 Å². The van der Waals surface area contributed by atoms with Crippen molar-refractivity contribution >= 4 is 46.7 Å². The van der Waals surface area contributed by atoms with Gasteiger partial charge in [0.05, 0.1) is 5.02 Å². The number of halogens is 2. The average Bonchev–Trinajstić information content (AvgIpc) is 2.54. The van der Waals surface area contributed by atoms with Crippen molar-refractivity contribution in [3.8, 4) is 0 Å². The molecule has 3 aromatic carbocycles. The van der Waals surface area contributed by atoms with Gasteiger partial charge in [0, 0.05) is 24.6 Å². The van der Waals surface area contributed by atoms with Crippen molar-refractivity contribution in [2.75, 3.05) is 0 Å². The van der Waals surface area contributed by atoms with Crippen LogP contribution < -0.4 is 0 Å². The smallest absolute Gasteiger partial charge is 0.0546 e. The van der Waals surface area contributed by atoms with Gasteiger partial charge >= 0.3 is 0 Å². The molecule has 0 heterocycles. The summed E-state index contributed by atoms with van der Waals surface area (Å²) in [5.41, 5.74) is 0. The molecule has 0 N–H and O–H groups in total. The second-order valence-electron chi connectivity index (χ2n) is 4.56. The third kappa shape index (κ3) is 4.23. The van der Waals surface area contributed by atoms with Gasteiger partial charge in [-0.1, -0.05) is 64.9 Å². The fourth-order valence-electron chi connectivity index (χ4n) is 1.88. The first-order valence-corrected chi connectivity index (χ1v) is 9.05. The summed E-state index contributed by atoms with van der Waals surface area (Å²) in [6, 6.07) is 24.3. The molecule has 0 fully saturated rings. The van der Waals surface area contributed by atoms with Crippen molar-refractivity contribution in [2.45, 2.75) is 19.6 Å². The molecular weight excluding hydrogens is 351 g/mol. The summed E-state index contributed by atoms with van der Waals surface area (Å²) in [5, 5.41) is 1.42. The lowest BCUT2D eigenvalue weighted by atomic mass is 10.4. The monoisotopic (exact) mass is 362 g/mol. The summed E-state index contributed by atoms with van der Waals surface area (Å²) in [6.07, 6.45) is 0. The number of rotatable bonds is 4. The van der Waals surface area contributed by atoms with E-state index < -0.39 is 0 Å². The Morgan fingerprint density at radius 3 is 1.86 bits per heavy atom. The molecule has 0 atom stereocenters. The Kier molecular flexibility index (Phi) is 5.37. The standard InChI is InChI=1S/C18H12Cl2S2/c19-13-6-11-17(20)18(12-13)22-16-9-7-15(8-10-16)21-14-4-2-1-3-5-14/h1-12H. The summed E-state index contributed by atoms with van der Waals surface area (Å²) in [4.78, 5) is 4.56. The van der Waals surface area contributed by atoms with E-state index >= 15 is 0 Å². The Balaban J connectivity index is 1.73. The van der Waals surface area contributed by atoms with E-state index in [4.69, 9.17) is 23.2 Å². The molecule has 0 spiro atoms. The maximum Gasteiger partial charge on any atom is 0.0546 e. The van der Waals surface area contributed by atoms with Crippen LogP contribution in [0.15, 0.2) is 92.4 Å². The molecule has 0 saturated carbocycles. The molecule has 110 valence electrons. The fraction of sp³-hybridized carbons (Fsp3) is 0. The highest BCUT2D eigenvalue weighted by Gasteiger charge is 2.04. The van der Waals surface area contributed by atoms with Gasteiger partial charge in [-0.25, -0.2) is 0 Å². The molecule has 3 rings (SSSR count). The van der Waals surface area contributed by atoms with Crippen LogP contribution in [0.25, 0.3) is 0 Å². The van der Waals surface area contributed by atoms with Gasteiger partial charge < -0.3 is 0 Å². The first-order chi connectivity index (χ1) is 10.7. The number of hydrogen-bond donors (Lipinski definition) is 0. The Hall–Kier alpha value is -1.06. The van der Waals surface area contributed by atoms with Crippen LogP contribution in [0.1, 0.15) is 0 Å². The molecule has 0 amide bonds. The molecule has 0 aliphatic carbocycles. The van der Waals surface area contributed by atoms with Gasteiger partial charge in [0.25, 0.3) is 0 Å². The minimum atomic E-state index is 0.697. The largest absolute Gasteiger partial charge is 0.0901 e. The topological polar surface area (TPSA) is 0 Å². The quantitative estimate of drug-likeness (QED) is 0.477. The van der Waals surface area contributed by atoms with E-state index in [1.807, 2.05) is 30.3 Å². The minimum absolute atomic E-state index is 0.697. The van der Waals surface area contributed by atoms with Crippen LogP contribution in [0.3, 0.4) is 0 Å². The van der Waals surface area contributed by atoms with Gasteiger partial charge in [-0.2, -0.15) is 0 Å². The number of hydrogen-bond acceptors (Lipinski definition) is 2. The SMILES string of the molecule is Clc1ccc(Cl)c(Sc2ccc(Sc3ccccc3)cc2)c1. The average molecular weight is 363 g/mol. The lowest BCUT2D eigenvalue weighted by Gasteiger charge is -2.06. The van der Waals surface area contributed by atoms with E-state index in [0.29, 0.717) is 5.02 Å². The highest BCUT2D eigenvalue weighted by Crippen LogP contribution is 2.36. The molecule has 22 heavy (non-hydrogen) atoms. The zero-order valence-electron chi connectivity index (χ0n) is 11.5. The maximum absolute atomic E-state index is 6.20. The third-order valence-corrected chi connectivity index (χ3v) is 5.68. The summed E-state index contributed by atoms with van der Waals surface area (Å²) < 4.78 is 0. The van der Waals surface area contributed by atoms with Crippen LogP contribution in [0, 0.1) is 0 Å². The Morgan fingerprint density at radius 1 is 0.591 bits per heavy atom. The van der Waals surface area contributed by atoms with Gasteiger partial charge in [0.15, 0.2) is 0 Å². The van der Waals surface area contributed by atoms with E-state index in [1.165, 1.54) is 9.79 Å². The van der Waals surface area contributed by atoms with Crippen molar-refractivity contribution in [2.24, 2.45) is 0 Å². The molecule has 0 unspecified atom stereocenters. The van der Waals surface area contributed by atoms with E-state index in [1.54, 1.807) is 29.6 Å². The molecule has 0 aliphatic rings. The predicted octanol–water partition coefficient (Wildman–Crippen LogP) is 7.30. The summed E-state index contributed by atoms with van der Waals surface area (Å²) >= 11 is 15.6. The zero-order valence-corrected chi connectivity index (χ0v) is 14.6. The predicted molar refractivity (Wildman–Crippen MR) is 97.6 cm³/mol. The van der Waals surface area contributed by atoms with Gasteiger partial charge in [-0.05, 0) is 54.6 Å². The van der Waals surface area contributed by atoms with Gasteiger partial charge in [-0.15, -0.1) is 0 Å². The highest BCUT2D eigenvalue weighted by atomic mass is 35.5. The Morgan fingerprint density at radius 2 is 1.18 bits per heavy atom. The van der Waals surface area contributed by atoms with Crippen LogP contribution in [-0.4, -0.2) is 0 Å². The fourth-order valence-corrected chi connectivity index (χ4v) is 4.07. The highest BCUT2D eigenvalue weighted by molar-refractivity contribution is 7.99. The van der Waals surface area contributed by atoms with Crippen LogP contribution >= 0.6 is 46.7 Å². The lowest BCUT2D eigenvalue weighted by molar-refractivity contribution is 1.33. The molecule has 0 bridgehead atoms. The Bertz CT molecular complexity index is 756. The van der Waals surface area contributed by atoms with Crippen molar-refractivity contribution in [1.29, 1.82) is 0 Å². The lowest BCUT2D eigenvalue weighted by Crippen LogP contribution is -1.78. The summed E-state index contributed by atoms with van der Waals surface area (Å²) in [7, 11) is 0. The van der Waals surface area contributed by atoms with Crippen LogP contribution in [0.4, 0.5) is 0 Å². The summed E-state index contributed by atoms with van der Waals surface area (Å²) in [6.45, 7) is 0. The van der Waals surface area contributed by atoms with Crippen molar-refractivity contribution in [3.05, 3.63) is 82.8 Å². The molecule has 0 nitrogen and oxygen atoms in total. The first-order valence-electron chi connectivity index (χ1n) is 6.66. The second-order valence-corrected chi connectivity index (χ2v) is 7.67.